The fourth-order valence-corrected chi connectivity index (χ4v) is 2.00. The molecule has 1 fully saturated rings. The van der Waals surface area contributed by atoms with Crippen molar-refractivity contribution >= 4 is 5.82 Å². The summed E-state index contributed by atoms with van der Waals surface area (Å²) in [5.41, 5.74) is 0. The summed E-state index contributed by atoms with van der Waals surface area (Å²) in [6, 6.07) is 1.80. The molecule has 0 aliphatic carbocycles. The first-order valence-corrected chi connectivity index (χ1v) is 6.67. The Hall–Kier alpha value is -1.40. The number of hydrogen-bond donors (Lipinski definition) is 1. The van der Waals surface area contributed by atoms with Gasteiger partial charge in [-0.2, -0.15) is 4.98 Å². The SMILES string of the molecule is CCOc1cc(NCC2CCCO2)nc(COC)n1. The van der Waals surface area contributed by atoms with Gasteiger partial charge < -0.3 is 19.5 Å². The molecule has 1 N–H and O–H groups in total. The molecule has 0 spiro atoms. The Bertz CT molecular complexity index is 370. The van der Waals surface area contributed by atoms with Gasteiger partial charge in [0.1, 0.15) is 12.4 Å². The van der Waals surface area contributed by atoms with Crippen LogP contribution < -0.4 is 10.1 Å². The Balaban J connectivity index is 1.99. The van der Waals surface area contributed by atoms with Crippen LogP contribution in [0.2, 0.25) is 0 Å². The molecule has 106 valence electrons. The topological polar surface area (TPSA) is 65.5 Å². The van der Waals surface area contributed by atoms with Gasteiger partial charge in [0.25, 0.3) is 0 Å². The molecule has 1 aliphatic heterocycles. The predicted molar refractivity (Wildman–Crippen MR) is 71.4 cm³/mol. The maximum Gasteiger partial charge on any atom is 0.218 e. The standard InChI is InChI=1S/C13H21N3O3/c1-3-18-13-7-11(15-12(16-13)9-17-2)14-8-10-5-4-6-19-10/h7,10H,3-6,8-9H2,1-2H3,(H,14,15,16). The van der Waals surface area contributed by atoms with E-state index in [9.17, 15) is 0 Å². The first-order chi connectivity index (χ1) is 9.31. The monoisotopic (exact) mass is 267 g/mol. The van der Waals surface area contributed by atoms with Gasteiger partial charge in [0, 0.05) is 26.3 Å². The number of nitrogens with one attached hydrogen (secondary N) is 1. The van der Waals surface area contributed by atoms with Crippen molar-refractivity contribution in [1.29, 1.82) is 0 Å². The molecule has 2 rings (SSSR count). The van der Waals surface area contributed by atoms with E-state index in [4.69, 9.17) is 14.2 Å². The van der Waals surface area contributed by atoms with Crippen LogP contribution in [0.15, 0.2) is 6.07 Å². The Kier molecular flexibility index (Phi) is 5.35. The number of hydrogen-bond acceptors (Lipinski definition) is 6. The normalized spacial score (nSPS) is 18.5. The number of ether oxygens (including phenoxy) is 3. The summed E-state index contributed by atoms with van der Waals surface area (Å²) in [6.45, 7) is 4.49. The van der Waals surface area contributed by atoms with Crippen LogP contribution in [0.1, 0.15) is 25.6 Å². The number of anilines is 1. The Morgan fingerprint density at radius 1 is 1.47 bits per heavy atom. The van der Waals surface area contributed by atoms with Gasteiger partial charge in [-0.05, 0) is 19.8 Å². The van der Waals surface area contributed by atoms with Gasteiger partial charge in [0.2, 0.25) is 5.88 Å². The van der Waals surface area contributed by atoms with Crippen LogP contribution in [0.4, 0.5) is 5.82 Å². The summed E-state index contributed by atoms with van der Waals surface area (Å²) in [6.07, 6.45) is 2.51. The average Bonchev–Trinajstić information content (AvgIpc) is 2.90. The molecule has 0 bridgehead atoms. The third-order valence-corrected chi connectivity index (χ3v) is 2.85. The lowest BCUT2D eigenvalue weighted by atomic mass is 10.2. The first-order valence-electron chi connectivity index (χ1n) is 6.67. The van der Waals surface area contributed by atoms with Gasteiger partial charge in [-0.1, -0.05) is 0 Å². The van der Waals surface area contributed by atoms with Crippen molar-refractivity contribution in [3.8, 4) is 5.88 Å². The maximum absolute atomic E-state index is 5.57. The summed E-state index contributed by atoms with van der Waals surface area (Å²) >= 11 is 0. The molecule has 1 aromatic rings. The molecule has 1 aromatic heterocycles. The second kappa shape index (κ2) is 7.25. The molecule has 2 heterocycles. The van der Waals surface area contributed by atoms with Gasteiger partial charge in [-0.15, -0.1) is 0 Å². The summed E-state index contributed by atoms with van der Waals surface area (Å²) in [7, 11) is 1.62. The smallest absolute Gasteiger partial charge is 0.218 e. The summed E-state index contributed by atoms with van der Waals surface area (Å²) < 4.78 is 16.1. The summed E-state index contributed by atoms with van der Waals surface area (Å²) in [4.78, 5) is 8.65. The number of nitrogens with zero attached hydrogens (tertiary/aromatic N) is 2. The van der Waals surface area contributed by atoms with Gasteiger partial charge in [0.15, 0.2) is 5.82 Å². The third-order valence-electron chi connectivity index (χ3n) is 2.85. The van der Waals surface area contributed by atoms with Crippen LogP contribution in [0.3, 0.4) is 0 Å². The van der Waals surface area contributed by atoms with E-state index < -0.39 is 0 Å². The molecule has 6 heteroatoms. The maximum atomic E-state index is 5.57. The fraction of sp³-hybridized carbons (Fsp3) is 0.692. The predicted octanol–water partition coefficient (Wildman–Crippen LogP) is 1.61. The van der Waals surface area contributed by atoms with Crippen LogP contribution in [-0.4, -0.2) is 42.9 Å². The first kappa shape index (κ1) is 14.0. The minimum atomic E-state index is 0.274. The number of rotatable bonds is 7. The molecule has 0 saturated carbocycles. The summed E-state index contributed by atoms with van der Waals surface area (Å²) in [5, 5.41) is 3.27. The third kappa shape index (κ3) is 4.33. The van der Waals surface area contributed by atoms with Gasteiger partial charge in [-0.3, -0.25) is 0 Å². The van der Waals surface area contributed by atoms with Crippen molar-refractivity contribution in [3.05, 3.63) is 11.9 Å². The van der Waals surface area contributed by atoms with Crippen molar-refractivity contribution in [3.63, 3.8) is 0 Å². The lowest BCUT2D eigenvalue weighted by molar-refractivity contribution is 0.120. The molecule has 6 nitrogen and oxygen atoms in total. The summed E-state index contributed by atoms with van der Waals surface area (Å²) in [5.74, 6) is 1.93. The van der Waals surface area contributed by atoms with E-state index >= 15 is 0 Å². The lowest BCUT2D eigenvalue weighted by Gasteiger charge is -2.13. The van der Waals surface area contributed by atoms with Crippen LogP contribution in [0, 0.1) is 0 Å². The molecule has 0 amide bonds. The highest BCUT2D eigenvalue weighted by atomic mass is 16.5. The van der Waals surface area contributed by atoms with E-state index in [1.165, 1.54) is 0 Å². The van der Waals surface area contributed by atoms with E-state index in [-0.39, 0.29) is 6.10 Å². The Labute approximate surface area is 113 Å². The Morgan fingerprint density at radius 2 is 2.37 bits per heavy atom. The largest absolute Gasteiger partial charge is 0.478 e. The molecule has 19 heavy (non-hydrogen) atoms. The molecule has 1 aliphatic rings. The van der Waals surface area contributed by atoms with Crippen LogP contribution in [0.25, 0.3) is 0 Å². The molecular weight excluding hydrogens is 246 g/mol. The molecular formula is C13H21N3O3. The van der Waals surface area contributed by atoms with Crippen molar-refractivity contribution < 1.29 is 14.2 Å². The van der Waals surface area contributed by atoms with E-state index in [2.05, 4.69) is 15.3 Å². The quantitative estimate of drug-likeness (QED) is 0.809. The van der Waals surface area contributed by atoms with Crippen LogP contribution in [-0.2, 0) is 16.1 Å². The van der Waals surface area contributed by atoms with Crippen molar-refractivity contribution in [2.75, 3.05) is 32.2 Å². The van der Waals surface area contributed by atoms with Crippen molar-refractivity contribution in [2.24, 2.45) is 0 Å². The minimum Gasteiger partial charge on any atom is -0.478 e. The van der Waals surface area contributed by atoms with E-state index in [1.54, 1.807) is 13.2 Å². The second-order valence-electron chi connectivity index (χ2n) is 4.39. The number of aromatic nitrogens is 2. The fourth-order valence-electron chi connectivity index (χ4n) is 2.00. The van der Waals surface area contributed by atoms with Crippen molar-refractivity contribution in [1.82, 2.24) is 9.97 Å². The lowest BCUT2D eigenvalue weighted by Crippen LogP contribution is -2.19. The average molecular weight is 267 g/mol. The van der Waals surface area contributed by atoms with Crippen LogP contribution >= 0.6 is 0 Å². The van der Waals surface area contributed by atoms with Crippen molar-refractivity contribution in [2.45, 2.75) is 32.5 Å². The zero-order chi connectivity index (χ0) is 13.5. The minimum absolute atomic E-state index is 0.274. The molecule has 0 aromatic carbocycles. The van der Waals surface area contributed by atoms with E-state index in [0.717, 1.165) is 31.8 Å². The van der Waals surface area contributed by atoms with E-state index in [1.807, 2.05) is 6.92 Å². The van der Waals surface area contributed by atoms with Gasteiger partial charge in [0.05, 0.1) is 12.7 Å². The zero-order valence-corrected chi connectivity index (χ0v) is 11.5. The second-order valence-corrected chi connectivity index (χ2v) is 4.39. The Morgan fingerprint density at radius 3 is 3.05 bits per heavy atom. The number of methoxy groups -OCH3 is 1. The highest BCUT2D eigenvalue weighted by molar-refractivity contribution is 5.38. The van der Waals surface area contributed by atoms with E-state index in [0.29, 0.717) is 24.9 Å². The van der Waals surface area contributed by atoms with Crippen LogP contribution in [0.5, 0.6) is 5.88 Å². The zero-order valence-electron chi connectivity index (χ0n) is 11.5. The molecule has 1 unspecified atom stereocenters. The van der Waals surface area contributed by atoms with Gasteiger partial charge in [-0.25, -0.2) is 4.98 Å². The molecule has 1 saturated heterocycles. The van der Waals surface area contributed by atoms with Gasteiger partial charge >= 0.3 is 0 Å². The molecule has 1 atom stereocenters. The highest BCUT2D eigenvalue weighted by Crippen LogP contribution is 2.16. The molecule has 0 radical (unpaired) electrons. The highest BCUT2D eigenvalue weighted by Gasteiger charge is 2.15.